The Labute approximate surface area is 131 Å². The number of hydrogen-bond donors (Lipinski definition) is 2. The second kappa shape index (κ2) is 7.91. The fourth-order valence-corrected chi connectivity index (χ4v) is 2.54. The van der Waals surface area contributed by atoms with E-state index in [-0.39, 0.29) is 11.8 Å². The predicted molar refractivity (Wildman–Crippen MR) is 86.5 cm³/mol. The summed E-state index contributed by atoms with van der Waals surface area (Å²) < 4.78 is 0. The smallest absolute Gasteiger partial charge is 0.251 e. The van der Waals surface area contributed by atoms with Crippen LogP contribution in [0.25, 0.3) is 0 Å². The van der Waals surface area contributed by atoms with Crippen LogP contribution in [-0.2, 0) is 4.79 Å². The van der Waals surface area contributed by atoms with E-state index in [4.69, 9.17) is 0 Å². The monoisotopic (exact) mass is 304 g/mol. The highest BCUT2D eigenvalue weighted by molar-refractivity contribution is 5.95. The molecule has 0 bridgehead atoms. The average Bonchev–Trinajstić information content (AvgIpc) is 2.49. The summed E-state index contributed by atoms with van der Waals surface area (Å²) in [7, 11) is 2.09. The van der Waals surface area contributed by atoms with E-state index in [2.05, 4.69) is 27.7 Å². The minimum absolute atomic E-state index is 0.0889. The van der Waals surface area contributed by atoms with Gasteiger partial charge in [0.2, 0.25) is 5.91 Å². The quantitative estimate of drug-likeness (QED) is 0.861. The Morgan fingerprint density at radius 3 is 2.45 bits per heavy atom. The third kappa shape index (κ3) is 4.82. The molecule has 1 saturated heterocycles. The van der Waals surface area contributed by atoms with Crippen LogP contribution in [-0.4, -0.2) is 55.1 Å². The summed E-state index contributed by atoms with van der Waals surface area (Å²) in [5, 5.41) is 10.1. The van der Waals surface area contributed by atoms with Crippen molar-refractivity contribution in [2.45, 2.75) is 19.8 Å². The normalized spacial score (nSPS) is 16.3. The Morgan fingerprint density at radius 1 is 1.14 bits per heavy atom. The predicted octanol–water partition coefficient (Wildman–Crippen LogP) is 1.32. The Kier molecular flexibility index (Phi) is 5.91. The van der Waals surface area contributed by atoms with Crippen LogP contribution in [0.2, 0.25) is 0 Å². The first kappa shape index (κ1) is 16.5. The minimum Gasteiger partial charge on any atom is -0.351 e. The lowest BCUT2D eigenvalue weighted by Gasteiger charge is -2.35. The molecule has 6 nitrogen and oxygen atoms in total. The zero-order valence-electron chi connectivity index (χ0n) is 13.3. The van der Waals surface area contributed by atoms with Gasteiger partial charge in [-0.2, -0.15) is 0 Å². The van der Waals surface area contributed by atoms with Crippen molar-refractivity contribution in [3.8, 4) is 0 Å². The molecule has 0 radical (unpaired) electrons. The van der Waals surface area contributed by atoms with Crippen molar-refractivity contribution in [2.75, 3.05) is 38.5 Å². The molecule has 0 aliphatic carbocycles. The van der Waals surface area contributed by atoms with Gasteiger partial charge in [-0.25, -0.2) is 10.0 Å². The van der Waals surface area contributed by atoms with Crippen LogP contribution in [0.15, 0.2) is 24.3 Å². The molecule has 2 N–H and O–H groups in total. The molecule has 1 aromatic rings. The van der Waals surface area contributed by atoms with Crippen molar-refractivity contribution in [2.24, 2.45) is 0 Å². The van der Waals surface area contributed by atoms with Crippen LogP contribution >= 0.6 is 0 Å². The van der Waals surface area contributed by atoms with Crippen molar-refractivity contribution in [3.63, 3.8) is 0 Å². The highest BCUT2D eigenvalue weighted by Crippen LogP contribution is 2.10. The molecule has 120 valence electrons. The molecular formula is C16H24N4O2. The molecule has 2 rings (SSSR count). The highest BCUT2D eigenvalue weighted by atomic mass is 16.2. The van der Waals surface area contributed by atoms with E-state index < -0.39 is 0 Å². The fourth-order valence-electron chi connectivity index (χ4n) is 2.54. The molecular weight excluding hydrogens is 280 g/mol. The van der Waals surface area contributed by atoms with Gasteiger partial charge in [0.15, 0.2) is 0 Å². The lowest BCUT2D eigenvalue weighted by atomic mass is 10.2. The van der Waals surface area contributed by atoms with Crippen molar-refractivity contribution < 1.29 is 9.59 Å². The summed E-state index contributed by atoms with van der Waals surface area (Å²) in [5.74, 6) is -0.211. The molecule has 0 saturated carbocycles. The van der Waals surface area contributed by atoms with Gasteiger partial charge >= 0.3 is 0 Å². The summed E-state index contributed by atoms with van der Waals surface area (Å²) in [6.07, 6.45) is 2.45. The molecule has 0 unspecified atom stereocenters. The molecule has 2 amide bonds. The van der Waals surface area contributed by atoms with Crippen LogP contribution in [0.3, 0.4) is 0 Å². The zero-order chi connectivity index (χ0) is 15.9. The molecule has 22 heavy (non-hydrogen) atoms. The van der Waals surface area contributed by atoms with Gasteiger partial charge in [0, 0.05) is 51.4 Å². The second-order valence-electron chi connectivity index (χ2n) is 5.56. The van der Waals surface area contributed by atoms with E-state index in [1.54, 1.807) is 24.3 Å². The Morgan fingerprint density at radius 2 is 1.82 bits per heavy atom. The fraction of sp³-hybridized carbons (Fsp3) is 0.500. The van der Waals surface area contributed by atoms with Gasteiger partial charge in [0.1, 0.15) is 0 Å². The lowest BCUT2D eigenvalue weighted by Crippen LogP contribution is -2.47. The average molecular weight is 304 g/mol. The minimum atomic E-state index is -0.122. The maximum absolute atomic E-state index is 12.1. The number of carbonyl (C=O) groups is 2. The Bertz CT molecular complexity index is 515. The van der Waals surface area contributed by atoms with Crippen molar-refractivity contribution in [1.82, 2.24) is 15.3 Å². The summed E-state index contributed by atoms with van der Waals surface area (Å²) in [6.45, 7) is 5.04. The molecule has 1 aliphatic heterocycles. The standard InChI is InChI=1S/C16H24N4O2/c1-13(21)18-15-7-5-14(6-8-15)16(22)17-9-12-20-11-4-3-10-19(20)2/h5-8H,3-4,9-12H2,1-2H3,(H,17,22)(H,18,21). The molecule has 1 heterocycles. The molecule has 0 atom stereocenters. The van der Waals surface area contributed by atoms with Gasteiger partial charge in [0.25, 0.3) is 5.91 Å². The number of rotatable bonds is 5. The highest BCUT2D eigenvalue weighted by Gasteiger charge is 2.15. The molecule has 1 aliphatic rings. The summed E-state index contributed by atoms with van der Waals surface area (Å²) in [6, 6.07) is 6.89. The van der Waals surface area contributed by atoms with Gasteiger partial charge in [-0.05, 0) is 37.1 Å². The number of hydrazine groups is 1. The number of hydrogen-bond acceptors (Lipinski definition) is 4. The summed E-state index contributed by atoms with van der Waals surface area (Å²) >= 11 is 0. The van der Waals surface area contributed by atoms with Gasteiger partial charge in [-0.15, -0.1) is 0 Å². The van der Waals surface area contributed by atoms with Crippen LogP contribution in [0, 0.1) is 0 Å². The molecule has 6 heteroatoms. The van der Waals surface area contributed by atoms with Crippen LogP contribution in [0.5, 0.6) is 0 Å². The number of nitrogens with one attached hydrogen (secondary N) is 2. The largest absolute Gasteiger partial charge is 0.351 e. The molecule has 0 aromatic heterocycles. The van der Waals surface area contributed by atoms with Crippen LogP contribution in [0.4, 0.5) is 5.69 Å². The Balaban J connectivity index is 1.78. The molecule has 1 fully saturated rings. The number of amides is 2. The van der Waals surface area contributed by atoms with E-state index in [1.807, 2.05) is 0 Å². The van der Waals surface area contributed by atoms with Gasteiger partial charge in [-0.1, -0.05) is 0 Å². The van der Waals surface area contributed by atoms with Crippen molar-refractivity contribution >= 4 is 17.5 Å². The molecule has 0 spiro atoms. The van der Waals surface area contributed by atoms with E-state index in [9.17, 15) is 9.59 Å². The van der Waals surface area contributed by atoms with Crippen molar-refractivity contribution in [1.29, 1.82) is 0 Å². The maximum Gasteiger partial charge on any atom is 0.251 e. The van der Waals surface area contributed by atoms with Gasteiger partial charge < -0.3 is 10.6 Å². The Hall–Kier alpha value is -1.92. The lowest BCUT2D eigenvalue weighted by molar-refractivity contribution is -0.114. The topological polar surface area (TPSA) is 64.7 Å². The number of carbonyl (C=O) groups excluding carboxylic acids is 2. The SMILES string of the molecule is CC(=O)Nc1ccc(C(=O)NCCN2CCCCN2C)cc1. The van der Waals surface area contributed by atoms with E-state index >= 15 is 0 Å². The van der Waals surface area contributed by atoms with Crippen LogP contribution in [0.1, 0.15) is 30.1 Å². The van der Waals surface area contributed by atoms with Gasteiger partial charge in [-0.3, -0.25) is 9.59 Å². The summed E-state index contributed by atoms with van der Waals surface area (Å²) in [5.41, 5.74) is 1.29. The third-order valence-electron chi connectivity index (χ3n) is 3.75. The van der Waals surface area contributed by atoms with E-state index in [0.717, 1.165) is 19.6 Å². The van der Waals surface area contributed by atoms with E-state index in [1.165, 1.54) is 19.8 Å². The number of nitrogens with zero attached hydrogens (tertiary/aromatic N) is 2. The third-order valence-corrected chi connectivity index (χ3v) is 3.75. The summed E-state index contributed by atoms with van der Waals surface area (Å²) in [4.78, 5) is 23.0. The van der Waals surface area contributed by atoms with Crippen LogP contribution < -0.4 is 10.6 Å². The zero-order valence-corrected chi connectivity index (χ0v) is 13.3. The van der Waals surface area contributed by atoms with Gasteiger partial charge in [0.05, 0.1) is 0 Å². The van der Waals surface area contributed by atoms with Crippen molar-refractivity contribution in [3.05, 3.63) is 29.8 Å². The second-order valence-corrected chi connectivity index (χ2v) is 5.56. The molecule has 1 aromatic carbocycles. The maximum atomic E-state index is 12.1. The first-order valence-corrected chi connectivity index (χ1v) is 7.68. The first-order valence-electron chi connectivity index (χ1n) is 7.68. The van der Waals surface area contributed by atoms with E-state index in [0.29, 0.717) is 17.8 Å². The number of benzene rings is 1. The first-order chi connectivity index (χ1) is 10.6. The number of anilines is 1.